The second-order valence-corrected chi connectivity index (χ2v) is 7.04. The predicted molar refractivity (Wildman–Crippen MR) is 120 cm³/mol. The Bertz CT molecular complexity index is 922. The summed E-state index contributed by atoms with van der Waals surface area (Å²) >= 11 is 0. The first-order chi connectivity index (χ1) is 13.8. The number of hydrogen-bond donors (Lipinski definition) is 2. The van der Waals surface area contributed by atoms with E-state index in [1.807, 2.05) is 0 Å². The van der Waals surface area contributed by atoms with Crippen LogP contribution in [0.1, 0.15) is 47.2 Å². The van der Waals surface area contributed by atoms with Gasteiger partial charge in [0.1, 0.15) is 5.82 Å². The van der Waals surface area contributed by atoms with Crippen LogP contribution in [0.25, 0.3) is 0 Å². The third-order valence-electron chi connectivity index (χ3n) is 4.99. The second-order valence-electron chi connectivity index (χ2n) is 7.04. The van der Waals surface area contributed by atoms with E-state index in [4.69, 9.17) is 5.26 Å². The van der Waals surface area contributed by atoms with Crippen LogP contribution in [-0.2, 0) is 6.18 Å². The number of nitrogens with zero attached hydrogens (tertiary/aromatic N) is 1. The summed E-state index contributed by atoms with van der Waals surface area (Å²) < 4.78 is 52.2. The Balaban J connectivity index is 0.00000240. The molecule has 0 saturated heterocycles. The maximum atomic E-state index is 13.1. The van der Waals surface area contributed by atoms with E-state index in [2.05, 4.69) is 10.6 Å². The van der Waals surface area contributed by atoms with Crippen LogP contribution in [-0.4, -0.2) is 18.0 Å². The van der Waals surface area contributed by atoms with Gasteiger partial charge in [0, 0.05) is 23.3 Å². The quantitative estimate of drug-likeness (QED) is 0.608. The molecule has 0 radical (unpaired) electrons. The Morgan fingerprint density at radius 1 is 0.968 bits per heavy atom. The van der Waals surface area contributed by atoms with Crippen molar-refractivity contribution in [3.8, 4) is 6.07 Å². The van der Waals surface area contributed by atoms with E-state index in [0.29, 0.717) is 36.9 Å². The van der Waals surface area contributed by atoms with Crippen molar-refractivity contribution in [1.82, 2.24) is 5.32 Å². The lowest BCUT2D eigenvalue weighted by Gasteiger charge is -2.30. The highest BCUT2D eigenvalue weighted by molar-refractivity contribution is 7.59. The minimum absolute atomic E-state index is 0. The molecule has 1 amide bonds. The monoisotopic (exact) mass is 473 g/mol. The number of carbonyl (C=O) groups excluding carboxylic acids is 1. The van der Waals surface area contributed by atoms with Crippen LogP contribution in [0.2, 0.25) is 0 Å². The number of rotatable bonds is 4. The lowest BCUT2D eigenvalue weighted by molar-refractivity contribution is -0.137. The number of anilines is 1. The molecule has 0 atom stereocenters. The zero-order valence-corrected chi connectivity index (χ0v) is 18.4. The van der Waals surface area contributed by atoms with E-state index < -0.39 is 23.1 Å². The van der Waals surface area contributed by atoms with Gasteiger partial charge in [0.2, 0.25) is 0 Å². The first kappa shape index (κ1) is 26.7. The van der Waals surface area contributed by atoms with Crippen LogP contribution in [0.15, 0.2) is 42.5 Å². The van der Waals surface area contributed by atoms with Crippen molar-refractivity contribution in [2.24, 2.45) is 0 Å². The molecule has 0 heterocycles. The van der Waals surface area contributed by atoms with Gasteiger partial charge in [0.15, 0.2) is 0 Å². The molecule has 0 aliphatic heterocycles. The summed E-state index contributed by atoms with van der Waals surface area (Å²) in [5.41, 5.74) is -0.667. The molecule has 1 fully saturated rings. The molecule has 1 aliphatic carbocycles. The van der Waals surface area contributed by atoms with E-state index >= 15 is 0 Å². The molecule has 2 aromatic carbocycles. The number of nitriles is 1. The van der Waals surface area contributed by atoms with Crippen molar-refractivity contribution in [3.05, 3.63) is 65.0 Å². The summed E-state index contributed by atoms with van der Waals surface area (Å²) in [6.07, 6.45) is -1.89. The molecule has 2 N–H and O–H groups in total. The highest BCUT2D eigenvalue weighted by Gasteiger charge is 2.34. The van der Waals surface area contributed by atoms with Crippen LogP contribution < -0.4 is 10.6 Å². The molecule has 3 rings (SSSR count). The van der Waals surface area contributed by atoms with Gasteiger partial charge in [0.25, 0.3) is 5.91 Å². The average molecular weight is 474 g/mol. The van der Waals surface area contributed by atoms with Gasteiger partial charge >= 0.3 is 6.18 Å². The molecule has 168 valence electrons. The van der Waals surface area contributed by atoms with Crippen LogP contribution >= 0.6 is 27.0 Å². The largest absolute Gasteiger partial charge is 0.417 e. The topological polar surface area (TPSA) is 64.9 Å². The summed E-state index contributed by atoms with van der Waals surface area (Å²) in [6, 6.07) is 10.4. The Morgan fingerprint density at radius 3 is 2.10 bits per heavy atom. The summed E-state index contributed by atoms with van der Waals surface area (Å²) in [6.45, 7) is 0. The molecule has 1 saturated carbocycles. The predicted octanol–water partition coefficient (Wildman–Crippen LogP) is 5.09. The van der Waals surface area contributed by atoms with Gasteiger partial charge in [0.05, 0.1) is 17.2 Å². The molecule has 31 heavy (non-hydrogen) atoms. The molecule has 4 nitrogen and oxygen atoms in total. The fourth-order valence-electron chi connectivity index (χ4n) is 3.45. The molecule has 0 spiro atoms. The summed E-state index contributed by atoms with van der Waals surface area (Å²) in [7, 11) is 0. The molecule has 0 unspecified atom stereocenters. The van der Waals surface area contributed by atoms with Gasteiger partial charge < -0.3 is 10.6 Å². The molecular weight excluding hydrogens is 450 g/mol. The summed E-state index contributed by atoms with van der Waals surface area (Å²) in [5, 5.41) is 14.9. The van der Waals surface area contributed by atoms with E-state index in [9.17, 15) is 22.4 Å². The lowest BCUT2D eigenvalue weighted by Crippen LogP contribution is -2.40. The van der Waals surface area contributed by atoms with Crippen molar-refractivity contribution >= 4 is 38.6 Å². The molecule has 0 bridgehead atoms. The maximum absolute atomic E-state index is 13.1. The third kappa shape index (κ3) is 7.08. The van der Waals surface area contributed by atoms with Gasteiger partial charge in [-0.3, -0.25) is 4.79 Å². The Morgan fingerprint density at radius 2 is 1.55 bits per heavy atom. The minimum Gasteiger partial charge on any atom is -0.382 e. The van der Waals surface area contributed by atoms with E-state index in [1.54, 1.807) is 6.07 Å². The van der Waals surface area contributed by atoms with Crippen molar-refractivity contribution in [2.45, 2.75) is 43.9 Å². The Kier molecular flexibility index (Phi) is 9.72. The Labute approximate surface area is 191 Å². The zero-order valence-electron chi connectivity index (χ0n) is 16.4. The number of alkyl halides is 3. The van der Waals surface area contributed by atoms with Crippen LogP contribution in [0.4, 0.5) is 23.2 Å². The number of nitrogens with one attached hydrogen (secondary N) is 2. The number of halogens is 4. The fourth-order valence-corrected chi connectivity index (χ4v) is 3.45. The highest BCUT2D eigenvalue weighted by atomic mass is 32.1. The normalized spacial score (nSPS) is 18.0. The molecule has 2 aromatic rings. The SMILES string of the molecule is N#Cc1ccc(NC2CCC(NC(=O)c3ccc(F)cc3)CC2)cc1C(F)(F)F.S.S. The van der Waals surface area contributed by atoms with Crippen molar-refractivity contribution in [1.29, 1.82) is 5.26 Å². The fraction of sp³-hybridized carbons (Fsp3) is 0.333. The molecular formula is C21H23F4N3OS2. The van der Waals surface area contributed by atoms with E-state index in [1.165, 1.54) is 36.4 Å². The smallest absolute Gasteiger partial charge is 0.382 e. The van der Waals surface area contributed by atoms with Crippen molar-refractivity contribution in [3.63, 3.8) is 0 Å². The first-order valence-electron chi connectivity index (χ1n) is 9.20. The average Bonchev–Trinajstić information content (AvgIpc) is 2.69. The number of amides is 1. The van der Waals surface area contributed by atoms with Crippen LogP contribution in [0, 0.1) is 17.1 Å². The zero-order chi connectivity index (χ0) is 21.0. The number of carbonyl (C=O) groups is 1. The molecule has 1 aliphatic rings. The third-order valence-corrected chi connectivity index (χ3v) is 4.99. The lowest BCUT2D eigenvalue weighted by atomic mass is 9.90. The van der Waals surface area contributed by atoms with Gasteiger partial charge in [-0.2, -0.15) is 45.4 Å². The minimum atomic E-state index is -4.59. The second kappa shape index (κ2) is 11.3. The highest BCUT2D eigenvalue weighted by Crippen LogP contribution is 2.34. The van der Waals surface area contributed by atoms with Crippen molar-refractivity contribution < 1.29 is 22.4 Å². The van der Waals surface area contributed by atoms with Crippen LogP contribution in [0.3, 0.4) is 0 Å². The van der Waals surface area contributed by atoms with Gasteiger partial charge in [-0.1, -0.05) is 0 Å². The van der Waals surface area contributed by atoms with Crippen LogP contribution in [0.5, 0.6) is 0 Å². The molecule has 10 heteroatoms. The number of hydrogen-bond acceptors (Lipinski definition) is 3. The van der Waals surface area contributed by atoms with E-state index in [0.717, 1.165) is 6.07 Å². The number of benzene rings is 2. The standard InChI is InChI=1S/C21H19F4N3O.2H2S/c22-15-4-1-13(2-5-15)20(29)28-17-9-7-16(8-10-17)27-18-6-3-14(12-26)19(11-18)21(23,24)25;;/h1-6,11,16-17,27H,7-10H2,(H,28,29);2*1H2. The van der Waals surface area contributed by atoms with E-state index in [-0.39, 0.29) is 45.0 Å². The molecule has 0 aromatic heterocycles. The maximum Gasteiger partial charge on any atom is 0.417 e. The summed E-state index contributed by atoms with van der Waals surface area (Å²) in [4.78, 5) is 12.2. The summed E-state index contributed by atoms with van der Waals surface area (Å²) in [5.74, 6) is -0.687. The Hall–Kier alpha value is -2.38. The first-order valence-corrected chi connectivity index (χ1v) is 9.20. The van der Waals surface area contributed by atoms with Gasteiger partial charge in [-0.15, -0.1) is 0 Å². The van der Waals surface area contributed by atoms with Gasteiger partial charge in [-0.05, 0) is 68.1 Å². The van der Waals surface area contributed by atoms with Gasteiger partial charge in [-0.25, -0.2) is 4.39 Å². The van der Waals surface area contributed by atoms with Crippen molar-refractivity contribution in [2.75, 3.05) is 5.32 Å².